The molecule has 5 heteroatoms. The Labute approximate surface area is 156 Å². The molecular formula is C21H29N3O2. The molecule has 26 heavy (non-hydrogen) atoms. The Hall–Kier alpha value is -2.53. The van der Waals surface area contributed by atoms with Gasteiger partial charge in [-0.1, -0.05) is 48.5 Å². The quantitative estimate of drug-likeness (QED) is 0.715. The molecular weight excluding hydrogens is 326 g/mol. The van der Waals surface area contributed by atoms with Crippen molar-refractivity contribution >= 4 is 6.03 Å². The van der Waals surface area contributed by atoms with Crippen molar-refractivity contribution in [3.8, 4) is 5.75 Å². The largest absolute Gasteiger partial charge is 0.491 e. The first kappa shape index (κ1) is 19.8. The predicted molar refractivity (Wildman–Crippen MR) is 106 cm³/mol. The van der Waals surface area contributed by atoms with Gasteiger partial charge in [-0.05, 0) is 44.6 Å². The lowest BCUT2D eigenvalue weighted by Gasteiger charge is -2.23. The smallest absolute Gasteiger partial charge is 0.315 e. The molecule has 1 unspecified atom stereocenters. The normalized spacial score (nSPS) is 11.9. The Morgan fingerprint density at radius 1 is 1.04 bits per heavy atom. The molecule has 0 aliphatic rings. The summed E-state index contributed by atoms with van der Waals surface area (Å²) in [5.41, 5.74) is 3.29. The number of urea groups is 1. The summed E-state index contributed by atoms with van der Waals surface area (Å²) in [5, 5.41) is 5.91. The molecule has 0 fully saturated rings. The van der Waals surface area contributed by atoms with Gasteiger partial charge in [0.15, 0.2) is 0 Å². The molecule has 140 valence electrons. The topological polar surface area (TPSA) is 53.6 Å². The third kappa shape index (κ3) is 6.08. The second-order valence-electron chi connectivity index (χ2n) is 6.70. The minimum atomic E-state index is -0.189. The summed E-state index contributed by atoms with van der Waals surface area (Å²) >= 11 is 0. The third-order valence-corrected chi connectivity index (χ3v) is 4.10. The van der Waals surface area contributed by atoms with Crippen LogP contribution in [0.1, 0.15) is 22.7 Å². The van der Waals surface area contributed by atoms with Crippen LogP contribution >= 0.6 is 0 Å². The van der Waals surface area contributed by atoms with Crippen LogP contribution in [0.4, 0.5) is 4.79 Å². The van der Waals surface area contributed by atoms with E-state index >= 15 is 0 Å². The molecule has 0 aromatic heterocycles. The standard InChI is InChI=1S/C21H29N3O2/c1-16-9-8-10-17(2)20(16)26-14-13-22-21(25)23-19(15-24(3)4)18-11-6-5-7-12-18/h5-12,19H,13-15H2,1-4H3,(H2,22,23,25). The van der Waals surface area contributed by atoms with Crippen molar-refractivity contribution in [2.24, 2.45) is 0 Å². The number of hydrogen-bond donors (Lipinski definition) is 2. The average molecular weight is 355 g/mol. The first-order chi connectivity index (χ1) is 12.5. The zero-order valence-electron chi connectivity index (χ0n) is 16.1. The maximum Gasteiger partial charge on any atom is 0.315 e. The highest BCUT2D eigenvalue weighted by atomic mass is 16.5. The summed E-state index contributed by atoms with van der Waals surface area (Å²) in [6.07, 6.45) is 0. The number of aryl methyl sites for hydroxylation is 2. The molecule has 5 nitrogen and oxygen atoms in total. The minimum Gasteiger partial charge on any atom is -0.491 e. The highest BCUT2D eigenvalue weighted by molar-refractivity contribution is 5.74. The van der Waals surface area contributed by atoms with Crippen molar-refractivity contribution in [2.75, 3.05) is 33.8 Å². The molecule has 2 aromatic carbocycles. The fourth-order valence-corrected chi connectivity index (χ4v) is 2.84. The summed E-state index contributed by atoms with van der Waals surface area (Å²) < 4.78 is 5.82. The minimum absolute atomic E-state index is 0.0641. The average Bonchev–Trinajstić information content (AvgIpc) is 2.60. The molecule has 0 spiro atoms. The van der Waals surface area contributed by atoms with E-state index in [-0.39, 0.29) is 12.1 Å². The van der Waals surface area contributed by atoms with Gasteiger partial charge in [-0.15, -0.1) is 0 Å². The Morgan fingerprint density at radius 3 is 2.31 bits per heavy atom. The maximum atomic E-state index is 12.3. The SMILES string of the molecule is Cc1cccc(C)c1OCCNC(=O)NC(CN(C)C)c1ccccc1. The number of likely N-dealkylation sites (N-methyl/N-ethyl adjacent to an activating group) is 1. The van der Waals surface area contributed by atoms with E-state index in [0.717, 1.165) is 29.0 Å². The van der Waals surface area contributed by atoms with Crippen molar-refractivity contribution in [3.05, 3.63) is 65.2 Å². The van der Waals surface area contributed by atoms with Gasteiger partial charge in [-0.2, -0.15) is 0 Å². The number of rotatable bonds is 8. The third-order valence-electron chi connectivity index (χ3n) is 4.10. The molecule has 0 heterocycles. The highest BCUT2D eigenvalue weighted by Crippen LogP contribution is 2.21. The molecule has 2 rings (SSSR count). The van der Waals surface area contributed by atoms with Crippen LogP contribution in [-0.4, -0.2) is 44.7 Å². The second kappa shape index (κ2) is 9.82. The van der Waals surface area contributed by atoms with Crippen molar-refractivity contribution in [1.82, 2.24) is 15.5 Å². The second-order valence-corrected chi connectivity index (χ2v) is 6.70. The number of ether oxygens (including phenoxy) is 1. The van der Waals surface area contributed by atoms with Crippen molar-refractivity contribution in [3.63, 3.8) is 0 Å². The number of nitrogens with zero attached hydrogens (tertiary/aromatic N) is 1. The van der Waals surface area contributed by atoms with Gasteiger partial charge in [0, 0.05) is 6.54 Å². The zero-order chi connectivity index (χ0) is 18.9. The molecule has 0 aliphatic heterocycles. The van der Waals surface area contributed by atoms with Crippen molar-refractivity contribution in [1.29, 1.82) is 0 Å². The fraction of sp³-hybridized carbons (Fsp3) is 0.381. The highest BCUT2D eigenvalue weighted by Gasteiger charge is 2.15. The lowest BCUT2D eigenvalue weighted by molar-refractivity contribution is 0.228. The van der Waals surface area contributed by atoms with Gasteiger partial charge in [0.05, 0.1) is 12.6 Å². The zero-order valence-corrected chi connectivity index (χ0v) is 16.1. The van der Waals surface area contributed by atoms with Gasteiger partial charge in [0.25, 0.3) is 0 Å². The van der Waals surface area contributed by atoms with Crippen LogP contribution in [0.3, 0.4) is 0 Å². The number of para-hydroxylation sites is 1. The monoisotopic (exact) mass is 355 g/mol. The Morgan fingerprint density at radius 2 is 1.69 bits per heavy atom. The number of hydrogen-bond acceptors (Lipinski definition) is 3. The van der Waals surface area contributed by atoms with Crippen LogP contribution in [0.15, 0.2) is 48.5 Å². The molecule has 0 saturated carbocycles. The van der Waals surface area contributed by atoms with Gasteiger partial charge in [0.2, 0.25) is 0 Å². The Bertz CT molecular complexity index is 681. The summed E-state index contributed by atoms with van der Waals surface area (Å²) in [6.45, 7) is 5.66. The maximum absolute atomic E-state index is 12.3. The van der Waals surface area contributed by atoms with E-state index in [0.29, 0.717) is 13.2 Å². The van der Waals surface area contributed by atoms with E-state index in [1.165, 1.54) is 0 Å². The summed E-state index contributed by atoms with van der Waals surface area (Å²) in [7, 11) is 3.99. The van der Waals surface area contributed by atoms with E-state index in [2.05, 4.69) is 15.5 Å². The number of nitrogens with one attached hydrogen (secondary N) is 2. The summed E-state index contributed by atoms with van der Waals surface area (Å²) in [6, 6.07) is 15.8. The number of carbonyl (C=O) groups excluding carboxylic acids is 1. The predicted octanol–water partition coefficient (Wildman–Crippen LogP) is 3.28. The Balaban J connectivity index is 1.83. The molecule has 0 radical (unpaired) electrons. The van der Waals surface area contributed by atoms with Crippen LogP contribution in [0.5, 0.6) is 5.75 Å². The Kier molecular flexibility index (Phi) is 7.48. The number of carbonyl (C=O) groups is 1. The van der Waals surface area contributed by atoms with Crippen molar-refractivity contribution in [2.45, 2.75) is 19.9 Å². The van der Waals surface area contributed by atoms with E-state index < -0.39 is 0 Å². The van der Waals surface area contributed by atoms with Crippen LogP contribution in [0.25, 0.3) is 0 Å². The van der Waals surface area contributed by atoms with Gasteiger partial charge in [-0.25, -0.2) is 4.79 Å². The van der Waals surface area contributed by atoms with E-state index in [1.807, 2.05) is 76.5 Å². The summed E-state index contributed by atoms with van der Waals surface area (Å²) in [5.74, 6) is 0.893. The molecule has 0 bridgehead atoms. The number of amides is 2. The molecule has 0 aliphatic carbocycles. The first-order valence-corrected chi connectivity index (χ1v) is 8.90. The number of benzene rings is 2. The van der Waals surface area contributed by atoms with E-state index in [9.17, 15) is 4.79 Å². The van der Waals surface area contributed by atoms with Gasteiger partial charge < -0.3 is 20.3 Å². The van der Waals surface area contributed by atoms with E-state index in [1.54, 1.807) is 0 Å². The lowest BCUT2D eigenvalue weighted by atomic mass is 10.1. The van der Waals surface area contributed by atoms with Crippen LogP contribution in [-0.2, 0) is 0 Å². The van der Waals surface area contributed by atoms with Crippen LogP contribution in [0, 0.1) is 13.8 Å². The fourth-order valence-electron chi connectivity index (χ4n) is 2.84. The van der Waals surface area contributed by atoms with Crippen LogP contribution < -0.4 is 15.4 Å². The van der Waals surface area contributed by atoms with Crippen molar-refractivity contribution < 1.29 is 9.53 Å². The van der Waals surface area contributed by atoms with E-state index in [4.69, 9.17) is 4.74 Å². The molecule has 0 saturated heterocycles. The molecule has 2 amide bonds. The van der Waals surface area contributed by atoms with Gasteiger partial charge >= 0.3 is 6.03 Å². The lowest BCUT2D eigenvalue weighted by Crippen LogP contribution is -2.42. The van der Waals surface area contributed by atoms with Gasteiger partial charge in [0.1, 0.15) is 12.4 Å². The molecule has 1 atom stereocenters. The molecule has 2 aromatic rings. The van der Waals surface area contributed by atoms with Gasteiger partial charge in [-0.3, -0.25) is 0 Å². The molecule has 2 N–H and O–H groups in total. The summed E-state index contributed by atoms with van der Waals surface area (Å²) in [4.78, 5) is 14.3. The first-order valence-electron chi connectivity index (χ1n) is 8.90. The van der Waals surface area contributed by atoms with Crippen LogP contribution in [0.2, 0.25) is 0 Å².